The minimum atomic E-state index is -4.84. The number of phenols is 1. The Morgan fingerprint density at radius 2 is 1.77 bits per heavy atom. The molecule has 0 unspecified atom stereocenters. The number of hydrogen-bond donors (Lipinski definition) is 3. The van der Waals surface area contributed by atoms with Crippen LogP contribution in [0.4, 0.5) is 11.4 Å². The van der Waals surface area contributed by atoms with Gasteiger partial charge in [-0.15, -0.1) is 0 Å². The van der Waals surface area contributed by atoms with Crippen LogP contribution >= 0.6 is 0 Å². The summed E-state index contributed by atoms with van der Waals surface area (Å²) in [5, 5.41) is 22.9. The number of anilines is 1. The number of ether oxygens (including phenoxy) is 2. The van der Waals surface area contributed by atoms with Crippen LogP contribution in [0.2, 0.25) is 0 Å². The van der Waals surface area contributed by atoms with Crippen LogP contribution in [0.5, 0.6) is 5.75 Å². The number of carbonyl (C=O) groups excluding carboxylic acids is 2. The van der Waals surface area contributed by atoms with E-state index in [1.54, 1.807) is 0 Å². The fourth-order valence-electron chi connectivity index (χ4n) is 1.92. The molecule has 0 atom stereocenters. The van der Waals surface area contributed by atoms with Crippen molar-refractivity contribution >= 4 is 33.4 Å². The minimum absolute atomic E-state index is 0.439. The fourth-order valence-corrected chi connectivity index (χ4v) is 2.45. The van der Waals surface area contributed by atoms with Crippen molar-refractivity contribution in [2.75, 3.05) is 5.32 Å². The summed E-state index contributed by atoms with van der Waals surface area (Å²) in [5.74, 6) is -4.62. The lowest BCUT2D eigenvalue weighted by molar-refractivity contribution is -0.386. The normalized spacial score (nSPS) is 16.5. The van der Waals surface area contributed by atoms with Gasteiger partial charge in [-0.05, 0) is 6.07 Å². The number of carbonyl (C=O) groups is 2. The van der Waals surface area contributed by atoms with Gasteiger partial charge in [0.25, 0.3) is 15.9 Å². The van der Waals surface area contributed by atoms with E-state index in [1.807, 2.05) is 0 Å². The molecule has 1 saturated heterocycles. The zero-order valence-electron chi connectivity index (χ0n) is 13.2. The van der Waals surface area contributed by atoms with E-state index in [2.05, 4.69) is 5.32 Å². The Balaban J connectivity index is 2.47. The molecule has 140 valence electrons. The average Bonchev–Trinajstić information content (AvgIpc) is 2.45. The van der Waals surface area contributed by atoms with Crippen molar-refractivity contribution in [3.8, 4) is 5.75 Å². The molecule has 1 heterocycles. The third kappa shape index (κ3) is 3.89. The largest absolute Gasteiger partial charge is 0.501 e. The Hall–Kier alpha value is -3.19. The Kier molecular flexibility index (Phi) is 4.62. The first-order chi connectivity index (χ1) is 11.8. The van der Waals surface area contributed by atoms with Gasteiger partial charge in [-0.25, -0.2) is 9.59 Å². The second-order valence-electron chi connectivity index (χ2n) is 5.45. The number of cyclic esters (lactones) is 2. The number of nitrogens with one attached hydrogen (secondary N) is 1. The average molecular weight is 388 g/mol. The third-order valence-corrected chi connectivity index (χ3v) is 3.88. The van der Waals surface area contributed by atoms with E-state index in [1.165, 1.54) is 13.8 Å². The monoisotopic (exact) mass is 388 g/mol. The van der Waals surface area contributed by atoms with Crippen LogP contribution in [-0.2, 0) is 29.2 Å². The summed E-state index contributed by atoms with van der Waals surface area (Å²) in [4.78, 5) is 32.5. The summed E-state index contributed by atoms with van der Waals surface area (Å²) >= 11 is 0. The number of rotatable bonds is 4. The van der Waals surface area contributed by atoms with Crippen molar-refractivity contribution < 1.29 is 42.1 Å². The van der Waals surface area contributed by atoms with Gasteiger partial charge >= 0.3 is 17.6 Å². The van der Waals surface area contributed by atoms with Gasteiger partial charge in [0, 0.05) is 26.1 Å². The molecular formula is C13H12N2O10S. The molecule has 1 aromatic carbocycles. The highest BCUT2D eigenvalue weighted by molar-refractivity contribution is 7.85. The first kappa shape index (κ1) is 19.1. The van der Waals surface area contributed by atoms with Crippen LogP contribution in [0.15, 0.2) is 28.8 Å². The lowest BCUT2D eigenvalue weighted by Crippen LogP contribution is -2.42. The van der Waals surface area contributed by atoms with Crippen molar-refractivity contribution in [3.05, 3.63) is 34.0 Å². The van der Waals surface area contributed by atoms with Crippen molar-refractivity contribution in [2.24, 2.45) is 0 Å². The summed E-state index contributed by atoms with van der Waals surface area (Å²) in [7, 11) is -4.84. The molecule has 1 aliphatic heterocycles. The molecule has 2 rings (SSSR count). The van der Waals surface area contributed by atoms with Crippen molar-refractivity contribution in [1.82, 2.24) is 0 Å². The summed E-state index contributed by atoms with van der Waals surface area (Å²) in [6.07, 6.45) is 0.715. The maximum absolute atomic E-state index is 11.8. The number of benzene rings is 1. The number of nitrogens with zero attached hydrogens (tertiary/aromatic N) is 1. The van der Waals surface area contributed by atoms with Crippen LogP contribution < -0.4 is 5.32 Å². The summed E-state index contributed by atoms with van der Waals surface area (Å²) < 4.78 is 41.1. The molecule has 1 aliphatic rings. The molecule has 12 nitrogen and oxygen atoms in total. The Bertz CT molecular complexity index is 926. The Morgan fingerprint density at radius 1 is 1.23 bits per heavy atom. The molecule has 0 amide bonds. The van der Waals surface area contributed by atoms with E-state index in [-0.39, 0.29) is 0 Å². The molecule has 1 fully saturated rings. The van der Waals surface area contributed by atoms with E-state index in [0.29, 0.717) is 18.3 Å². The minimum Gasteiger partial charge on any atom is -0.501 e. The van der Waals surface area contributed by atoms with Crippen LogP contribution in [0.25, 0.3) is 0 Å². The molecule has 0 aliphatic carbocycles. The maximum Gasteiger partial charge on any atom is 0.350 e. The predicted octanol–water partition coefficient (Wildman–Crippen LogP) is 0.679. The predicted molar refractivity (Wildman–Crippen MR) is 82.5 cm³/mol. The zero-order valence-corrected chi connectivity index (χ0v) is 14.1. The van der Waals surface area contributed by atoms with Gasteiger partial charge in [0.1, 0.15) is 4.90 Å². The maximum atomic E-state index is 11.8. The highest BCUT2D eigenvalue weighted by atomic mass is 32.2. The smallest absolute Gasteiger partial charge is 0.350 e. The first-order valence-corrected chi connectivity index (χ1v) is 8.18. The number of phenolic OH excluding ortho intramolecular Hbond substituents is 1. The van der Waals surface area contributed by atoms with Crippen molar-refractivity contribution in [3.63, 3.8) is 0 Å². The molecule has 26 heavy (non-hydrogen) atoms. The van der Waals surface area contributed by atoms with Gasteiger partial charge in [0.2, 0.25) is 5.75 Å². The molecule has 0 saturated carbocycles. The Morgan fingerprint density at radius 3 is 2.23 bits per heavy atom. The van der Waals surface area contributed by atoms with E-state index >= 15 is 0 Å². The van der Waals surface area contributed by atoms with Gasteiger partial charge in [-0.2, -0.15) is 8.42 Å². The molecule has 0 radical (unpaired) electrons. The van der Waals surface area contributed by atoms with Gasteiger partial charge in [0.15, 0.2) is 5.57 Å². The molecular weight excluding hydrogens is 376 g/mol. The van der Waals surface area contributed by atoms with Crippen molar-refractivity contribution in [1.29, 1.82) is 0 Å². The zero-order chi connectivity index (χ0) is 19.9. The Labute approximate surface area is 145 Å². The quantitative estimate of drug-likeness (QED) is 0.125. The van der Waals surface area contributed by atoms with Crippen LogP contribution in [0.1, 0.15) is 13.8 Å². The van der Waals surface area contributed by atoms with E-state index in [4.69, 9.17) is 14.0 Å². The lowest BCUT2D eigenvalue weighted by atomic mass is 10.2. The summed E-state index contributed by atoms with van der Waals surface area (Å²) in [6.45, 7) is 2.63. The fraction of sp³-hybridized carbons (Fsp3) is 0.231. The molecule has 13 heteroatoms. The topological polar surface area (TPSA) is 182 Å². The van der Waals surface area contributed by atoms with Gasteiger partial charge in [-0.3, -0.25) is 14.7 Å². The number of esters is 2. The molecule has 0 spiro atoms. The lowest BCUT2D eigenvalue weighted by Gasteiger charge is -2.29. The van der Waals surface area contributed by atoms with Crippen molar-refractivity contribution in [2.45, 2.75) is 24.5 Å². The van der Waals surface area contributed by atoms with E-state index in [9.17, 15) is 33.2 Å². The van der Waals surface area contributed by atoms with Gasteiger partial charge in [0.05, 0.1) is 10.6 Å². The number of nitro benzene ring substituents is 1. The number of hydrogen-bond acceptors (Lipinski definition) is 10. The number of aromatic hydroxyl groups is 1. The van der Waals surface area contributed by atoms with Gasteiger partial charge in [-0.1, -0.05) is 0 Å². The molecule has 0 bridgehead atoms. The highest BCUT2D eigenvalue weighted by Crippen LogP contribution is 2.37. The molecule has 3 N–H and O–H groups in total. The second-order valence-corrected chi connectivity index (χ2v) is 6.87. The number of nitro groups is 1. The summed E-state index contributed by atoms with van der Waals surface area (Å²) in [6, 6.07) is 1.10. The SMILES string of the molecule is CC1(C)OC(=O)C(=CNc2cc(S(=O)(=O)O)cc([N+](=O)[O-])c2O)C(=O)O1. The van der Waals surface area contributed by atoms with Crippen LogP contribution in [-0.4, -0.2) is 40.7 Å². The summed E-state index contributed by atoms with van der Waals surface area (Å²) in [5.41, 5.74) is -2.23. The van der Waals surface area contributed by atoms with Crippen LogP contribution in [0, 0.1) is 10.1 Å². The van der Waals surface area contributed by atoms with Gasteiger partial charge < -0.3 is 19.9 Å². The van der Waals surface area contributed by atoms with E-state index < -0.39 is 60.4 Å². The third-order valence-electron chi connectivity index (χ3n) is 3.05. The first-order valence-electron chi connectivity index (χ1n) is 6.74. The van der Waals surface area contributed by atoms with Crippen LogP contribution in [0.3, 0.4) is 0 Å². The molecule has 0 aromatic heterocycles. The standard InChI is InChI=1S/C13H12N2O10S/c1-13(2)24-11(17)7(12(18)25-13)5-14-8-3-6(26(21,22)23)4-9(10(8)16)15(19)20/h3-5,14,16H,1-2H3,(H,21,22,23). The molecule has 1 aromatic rings. The van der Waals surface area contributed by atoms with E-state index in [0.717, 1.165) is 0 Å². The highest BCUT2D eigenvalue weighted by Gasteiger charge is 2.39. The second kappa shape index (κ2) is 6.27.